The van der Waals surface area contributed by atoms with E-state index in [2.05, 4.69) is 13.8 Å². The Hall–Kier alpha value is 1.73. The summed E-state index contributed by atoms with van der Waals surface area (Å²) in [6.45, 7) is 4.33. The summed E-state index contributed by atoms with van der Waals surface area (Å²) in [6, 6.07) is 15.0. The van der Waals surface area contributed by atoms with Crippen molar-refractivity contribution < 1.29 is 135 Å². The second-order valence-corrected chi connectivity index (χ2v) is 11.3. The van der Waals surface area contributed by atoms with Crippen molar-refractivity contribution in [3.05, 3.63) is 59.7 Å². The molecule has 1 N–H and O–H groups in total. The van der Waals surface area contributed by atoms with Gasteiger partial charge in [0.15, 0.2) is 4.99 Å². The summed E-state index contributed by atoms with van der Waals surface area (Å²) in [5.41, 5.74) is 1.90. The molecule has 0 aliphatic rings. The first-order valence-electron chi connectivity index (χ1n) is 9.79. The summed E-state index contributed by atoms with van der Waals surface area (Å²) >= 11 is 0. The maximum absolute atomic E-state index is 11.2. The monoisotopic (exact) mass is 532 g/mol. The van der Waals surface area contributed by atoms with Gasteiger partial charge in [0.2, 0.25) is 0 Å². The molecule has 7 nitrogen and oxygen atoms in total. The second kappa shape index (κ2) is 15.8. The molecule has 0 aromatic heterocycles. The summed E-state index contributed by atoms with van der Waals surface area (Å²) in [7, 11) is -10.4. The zero-order chi connectivity index (χ0) is 22.4. The smallest absolute Gasteiger partial charge is 0.687 e. The van der Waals surface area contributed by atoms with Crippen molar-refractivity contribution in [2.24, 2.45) is 5.92 Å². The topological polar surface area (TPSA) is 133 Å². The first kappa shape index (κ1) is 33.7. The molecular weight excluding hydrogens is 505 g/mol. The predicted molar refractivity (Wildman–Crippen MR) is 111 cm³/mol. The van der Waals surface area contributed by atoms with Crippen LogP contribution in [-0.4, -0.2) is 18.0 Å². The van der Waals surface area contributed by atoms with E-state index in [1.807, 2.05) is 24.3 Å². The Kier molecular flexibility index (Phi) is 16.6. The number of para-hydroxylation sites is 1. The van der Waals surface area contributed by atoms with E-state index >= 15 is 0 Å². The van der Waals surface area contributed by atoms with Crippen LogP contribution in [0.2, 0.25) is 0 Å². The molecule has 0 aliphatic heterocycles. The molecule has 0 aliphatic carbocycles. The average molecular weight is 533 g/mol. The molecule has 0 fully saturated rings. The molecule has 32 heavy (non-hydrogen) atoms. The maximum Gasteiger partial charge on any atom is 1.00 e. The molecule has 2 aromatic carbocycles. The van der Waals surface area contributed by atoms with E-state index in [0.717, 1.165) is 29.7 Å². The van der Waals surface area contributed by atoms with Crippen molar-refractivity contribution in [1.29, 1.82) is 0 Å². The van der Waals surface area contributed by atoms with E-state index in [-0.39, 0.29) is 109 Å². The van der Waals surface area contributed by atoms with Gasteiger partial charge >= 0.3 is 113 Å². The van der Waals surface area contributed by atoms with Crippen molar-refractivity contribution in [2.45, 2.75) is 50.9 Å². The summed E-state index contributed by atoms with van der Waals surface area (Å²) in [6.07, 6.45) is 1.91. The van der Waals surface area contributed by atoms with Gasteiger partial charge in [-0.25, -0.2) is 0 Å². The van der Waals surface area contributed by atoms with Crippen LogP contribution >= 0.6 is 7.94 Å². The second-order valence-electron chi connectivity index (χ2n) is 7.69. The van der Waals surface area contributed by atoms with Crippen molar-refractivity contribution in [3.63, 3.8) is 0 Å². The standard InChI is InChI=1S/C21H29O7PS.2K/c1-16(2)13-14-18-9-3-4-11-20(18)28-19-10-5-7-17(15-19)8-6-12-21(29(22,23)24)30(25,26)27;;/h3-5,7,9-11,15-16,21H,6,8,12-14H2,1-2H3,(H2,22,23,24)(H,25,26,27);;/q;2*+1/p-2. The Bertz CT molecular complexity index is 934. The van der Waals surface area contributed by atoms with E-state index < -0.39 is 29.5 Å². The fraction of sp³-hybridized carbons (Fsp3) is 0.429. The Balaban J connectivity index is 0.00000480. The molecule has 1 atom stereocenters. The van der Waals surface area contributed by atoms with Gasteiger partial charge in [-0.3, -0.25) is 4.55 Å². The van der Waals surface area contributed by atoms with Gasteiger partial charge in [0.05, 0.1) is 0 Å². The molecular formula is C21H27K2O7PS. The van der Waals surface area contributed by atoms with Crippen molar-refractivity contribution in [3.8, 4) is 11.5 Å². The van der Waals surface area contributed by atoms with Gasteiger partial charge < -0.3 is 19.4 Å². The third-order valence-electron chi connectivity index (χ3n) is 4.70. The Morgan fingerprint density at radius 3 is 2.22 bits per heavy atom. The largest absolute Gasteiger partial charge is 1.00 e. The number of benzene rings is 2. The van der Waals surface area contributed by atoms with Gasteiger partial charge in [-0.05, 0) is 60.9 Å². The zero-order valence-corrected chi connectivity index (χ0v) is 27.0. The van der Waals surface area contributed by atoms with Crippen molar-refractivity contribution >= 4 is 18.1 Å². The minimum atomic E-state index is -5.46. The van der Waals surface area contributed by atoms with Gasteiger partial charge in [-0.15, -0.1) is 7.94 Å². The molecule has 0 saturated carbocycles. The molecule has 2 rings (SSSR count). The predicted octanol–water partition coefficient (Wildman–Crippen LogP) is -3.54. The molecule has 0 heterocycles. The van der Waals surface area contributed by atoms with Crippen LogP contribution in [0.15, 0.2) is 48.5 Å². The fourth-order valence-corrected chi connectivity index (χ4v) is 5.37. The first-order valence-corrected chi connectivity index (χ1v) is 12.9. The van der Waals surface area contributed by atoms with E-state index in [4.69, 9.17) is 9.29 Å². The van der Waals surface area contributed by atoms with Crippen molar-refractivity contribution in [2.75, 3.05) is 0 Å². The molecule has 2 aromatic rings. The van der Waals surface area contributed by atoms with Crippen LogP contribution in [0.1, 0.15) is 44.2 Å². The summed E-state index contributed by atoms with van der Waals surface area (Å²) < 4.78 is 37.4. The van der Waals surface area contributed by atoms with Crippen molar-refractivity contribution in [1.82, 2.24) is 0 Å². The number of rotatable bonds is 11. The van der Waals surface area contributed by atoms with Gasteiger partial charge in [0.25, 0.3) is 0 Å². The van der Waals surface area contributed by atoms with Gasteiger partial charge in [0, 0.05) is 6.42 Å². The number of ether oxygens (including phenoxy) is 1. The van der Waals surface area contributed by atoms with Crippen LogP contribution in [-0.2, 0) is 23.0 Å². The van der Waals surface area contributed by atoms with E-state index in [0.29, 0.717) is 18.1 Å². The maximum atomic E-state index is 11.2. The Morgan fingerprint density at radius 2 is 1.62 bits per heavy atom. The molecule has 0 saturated heterocycles. The average Bonchev–Trinajstić information content (AvgIpc) is 2.63. The minimum absolute atomic E-state index is 0. The molecule has 0 spiro atoms. The third kappa shape index (κ3) is 12.1. The normalized spacial score (nSPS) is 12.6. The molecule has 0 bridgehead atoms. The van der Waals surface area contributed by atoms with Gasteiger partial charge in [-0.2, -0.15) is 8.42 Å². The van der Waals surface area contributed by atoms with Crippen LogP contribution in [0.4, 0.5) is 0 Å². The van der Waals surface area contributed by atoms with Crippen LogP contribution < -0.4 is 122 Å². The first-order chi connectivity index (χ1) is 14.0. The van der Waals surface area contributed by atoms with Gasteiger partial charge in [-0.1, -0.05) is 44.2 Å². The summed E-state index contributed by atoms with van der Waals surface area (Å²) in [5.74, 6) is 1.95. The van der Waals surface area contributed by atoms with Crippen LogP contribution in [0.25, 0.3) is 0 Å². The zero-order valence-electron chi connectivity index (χ0n) is 19.1. The molecule has 0 amide bonds. The minimum Gasteiger partial charge on any atom is -0.687 e. The SMILES string of the molecule is CC(C)CCc1ccccc1Oc1cccc(CCCC([P+]([O-])([O-])[O-])S(=O)(=O)O)c1.[K+].[K+]. The van der Waals surface area contributed by atoms with E-state index in [1.165, 1.54) is 0 Å². The molecule has 11 heteroatoms. The quantitative estimate of drug-likeness (QED) is 0.180. The molecule has 166 valence electrons. The van der Waals surface area contributed by atoms with Crippen LogP contribution in [0.5, 0.6) is 11.5 Å². The van der Waals surface area contributed by atoms with E-state index in [1.54, 1.807) is 24.3 Å². The van der Waals surface area contributed by atoms with E-state index in [9.17, 15) is 23.1 Å². The number of aryl methyl sites for hydroxylation is 2. The number of hydrogen-bond acceptors (Lipinski definition) is 6. The fourth-order valence-electron chi connectivity index (χ4n) is 3.10. The number of hydrogen-bond donors (Lipinski definition) is 1. The van der Waals surface area contributed by atoms with Crippen LogP contribution in [0, 0.1) is 5.92 Å². The third-order valence-corrected chi connectivity index (χ3v) is 8.16. The summed E-state index contributed by atoms with van der Waals surface area (Å²) in [4.78, 5) is 31.0. The molecule has 1 unspecified atom stereocenters. The summed E-state index contributed by atoms with van der Waals surface area (Å²) in [5, 5.41) is 0. The van der Waals surface area contributed by atoms with Crippen LogP contribution in [0.3, 0.4) is 0 Å². The van der Waals surface area contributed by atoms with Gasteiger partial charge in [0.1, 0.15) is 11.5 Å². The Morgan fingerprint density at radius 1 is 0.969 bits per heavy atom. The Labute approximate surface area is 276 Å². The molecule has 0 radical (unpaired) electrons.